The third kappa shape index (κ3) is 4.45. The van der Waals surface area contributed by atoms with E-state index in [-0.39, 0.29) is 11.1 Å². The number of carboxylic acid groups (broad SMARTS) is 3. The van der Waals surface area contributed by atoms with Gasteiger partial charge < -0.3 is 15.3 Å². The maximum Gasteiger partial charge on any atom is 0.336 e. The fourth-order valence-corrected chi connectivity index (χ4v) is 1.67. The Morgan fingerprint density at radius 3 is 1.23 bits per heavy atom. The molecule has 3 N–H and O–H groups in total. The van der Waals surface area contributed by atoms with Crippen molar-refractivity contribution in [3.63, 3.8) is 0 Å². The molecule has 0 heterocycles. The minimum Gasteiger partial charge on any atom is -0.478 e. The Labute approximate surface area is 126 Å². The minimum atomic E-state index is -1.23. The smallest absolute Gasteiger partial charge is 0.336 e. The molecule has 0 aliphatic rings. The molecule has 6 nitrogen and oxygen atoms in total. The van der Waals surface area contributed by atoms with Crippen molar-refractivity contribution in [2.45, 2.75) is 6.92 Å². The summed E-state index contributed by atoms with van der Waals surface area (Å²) < 4.78 is 0. The van der Waals surface area contributed by atoms with Gasteiger partial charge in [0.2, 0.25) is 0 Å². The first-order chi connectivity index (χ1) is 10.3. The summed E-state index contributed by atoms with van der Waals surface area (Å²) in [6, 6.07) is 12.4. The largest absolute Gasteiger partial charge is 0.478 e. The summed E-state index contributed by atoms with van der Waals surface area (Å²) in [6.45, 7) is 1.78. The zero-order valence-corrected chi connectivity index (χ0v) is 11.7. The normalized spacial score (nSPS) is 9.32. The Bertz CT molecular complexity index is 672. The fourth-order valence-electron chi connectivity index (χ4n) is 1.67. The lowest BCUT2D eigenvalue weighted by molar-refractivity contribution is 0.0651. The van der Waals surface area contributed by atoms with E-state index >= 15 is 0 Å². The molecular formula is C16H14O6. The Hall–Kier alpha value is -3.15. The quantitative estimate of drug-likeness (QED) is 0.803. The number of carbonyl (C=O) groups is 3. The number of benzene rings is 2. The van der Waals surface area contributed by atoms with E-state index in [0.29, 0.717) is 5.56 Å². The molecule has 0 aliphatic carbocycles. The predicted octanol–water partition coefficient (Wildman–Crippen LogP) is 2.78. The van der Waals surface area contributed by atoms with Gasteiger partial charge in [-0.05, 0) is 30.7 Å². The van der Waals surface area contributed by atoms with E-state index in [1.54, 1.807) is 25.1 Å². The van der Waals surface area contributed by atoms with Crippen LogP contribution in [0.4, 0.5) is 0 Å². The van der Waals surface area contributed by atoms with Gasteiger partial charge >= 0.3 is 17.9 Å². The number of rotatable bonds is 3. The van der Waals surface area contributed by atoms with Crippen molar-refractivity contribution in [3.05, 3.63) is 70.8 Å². The van der Waals surface area contributed by atoms with Crippen LogP contribution in [0.25, 0.3) is 0 Å². The highest BCUT2D eigenvalue weighted by molar-refractivity contribution is 6.01. The maximum atomic E-state index is 10.5. The van der Waals surface area contributed by atoms with Crippen molar-refractivity contribution >= 4 is 17.9 Å². The zero-order valence-electron chi connectivity index (χ0n) is 11.7. The molecule has 2 aromatic carbocycles. The summed E-state index contributed by atoms with van der Waals surface area (Å²) in [7, 11) is 0. The van der Waals surface area contributed by atoms with Gasteiger partial charge in [0.15, 0.2) is 0 Å². The summed E-state index contributed by atoms with van der Waals surface area (Å²) >= 11 is 0. The van der Waals surface area contributed by atoms with Crippen LogP contribution in [0, 0.1) is 6.92 Å². The van der Waals surface area contributed by atoms with Crippen molar-refractivity contribution in [1.29, 1.82) is 0 Å². The first-order valence-electron chi connectivity index (χ1n) is 6.19. The van der Waals surface area contributed by atoms with E-state index in [9.17, 15) is 14.4 Å². The van der Waals surface area contributed by atoms with Gasteiger partial charge in [-0.3, -0.25) is 0 Å². The third-order valence-corrected chi connectivity index (χ3v) is 2.76. The molecule has 0 radical (unpaired) electrons. The van der Waals surface area contributed by atoms with E-state index < -0.39 is 17.9 Å². The topological polar surface area (TPSA) is 112 Å². The zero-order chi connectivity index (χ0) is 16.7. The molecule has 0 atom stereocenters. The van der Waals surface area contributed by atoms with E-state index in [1.165, 1.54) is 24.3 Å². The number of aryl methyl sites for hydroxylation is 1. The number of hydrogen-bond acceptors (Lipinski definition) is 3. The molecule has 6 heteroatoms. The van der Waals surface area contributed by atoms with E-state index in [4.69, 9.17) is 15.3 Å². The van der Waals surface area contributed by atoms with Crippen LogP contribution in [0.5, 0.6) is 0 Å². The lowest BCUT2D eigenvalue weighted by Gasteiger charge is -1.98. The second-order valence-corrected chi connectivity index (χ2v) is 4.28. The molecule has 0 aliphatic heterocycles. The Morgan fingerprint density at radius 2 is 0.955 bits per heavy atom. The lowest BCUT2D eigenvalue weighted by Crippen LogP contribution is -2.06. The minimum absolute atomic E-state index is 0.190. The van der Waals surface area contributed by atoms with Gasteiger partial charge in [-0.15, -0.1) is 0 Å². The van der Waals surface area contributed by atoms with Crippen LogP contribution in [0.15, 0.2) is 48.5 Å². The Balaban J connectivity index is 0.000000224. The van der Waals surface area contributed by atoms with Gasteiger partial charge in [0.1, 0.15) is 0 Å². The summed E-state index contributed by atoms with van der Waals surface area (Å²) in [5.41, 5.74) is 0.799. The molecule has 0 amide bonds. The molecular weight excluding hydrogens is 288 g/mol. The summed E-state index contributed by atoms with van der Waals surface area (Å²) in [4.78, 5) is 31.3. The van der Waals surface area contributed by atoms with Crippen molar-refractivity contribution in [1.82, 2.24) is 0 Å². The highest BCUT2D eigenvalue weighted by Gasteiger charge is 2.13. The molecule has 0 bridgehead atoms. The first-order valence-corrected chi connectivity index (χ1v) is 6.19. The SMILES string of the molecule is Cc1ccccc1C(=O)O.O=C(O)c1ccccc1C(=O)O. The Kier molecular flexibility index (Phi) is 5.83. The van der Waals surface area contributed by atoms with Gasteiger partial charge in [0, 0.05) is 0 Å². The second kappa shape index (κ2) is 7.58. The summed E-state index contributed by atoms with van der Waals surface area (Å²) in [6.07, 6.45) is 0. The van der Waals surface area contributed by atoms with Crippen LogP contribution in [0.2, 0.25) is 0 Å². The average molecular weight is 302 g/mol. The van der Waals surface area contributed by atoms with Crippen LogP contribution in [-0.2, 0) is 0 Å². The summed E-state index contributed by atoms with van der Waals surface area (Å²) in [5, 5.41) is 25.7. The molecule has 0 aromatic heterocycles. The number of hydrogen-bond donors (Lipinski definition) is 3. The molecule has 0 unspecified atom stereocenters. The monoisotopic (exact) mass is 302 g/mol. The molecule has 2 aromatic rings. The van der Waals surface area contributed by atoms with E-state index in [1.807, 2.05) is 6.07 Å². The standard InChI is InChI=1S/C8H6O4.C8H8O2/c9-7(10)5-3-1-2-4-6(5)8(11)12;1-6-4-2-3-5-7(6)8(9)10/h1-4H,(H,9,10)(H,11,12);2-5H,1H3,(H,9,10). The average Bonchev–Trinajstić information content (AvgIpc) is 2.48. The first kappa shape index (κ1) is 16.9. The van der Waals surface area contributed by atoms with Crippen LogP contribution < -0.4 is 0 Å². The van der Waals surface area contributed by atoms with Crippen LogP contribution >= 0.6 is 0 Å². The van der Waals surface area contributed by atoms with Crippen molar-refractivity contribution in [2.24, 2.45) is 0 Å². The van der Waals surface area contributed by atoms with Gasteiger partial charge in [-0.1, -0.05) is 30.3 Å². The van der Waals surface area contributed by atoms with E-state index in [2.05, 4.69) is 0 Å². The van der Waals surface area contributed by atoms with Gasteiger partial charge in [-0.25, -0.2) is 14.4 Å². The molecule has 114 valence electrons. The van der Waals surface area contributed by atoms with Crippen molar-refractivity contribution in [3.8, 4) is 0 Å². The predicted molar refractivity (Wildman–Crippen MR) is 78.5 cm³/mol. The van der Waals surface area contributed by atoms with Gasteiger partial charge in [0.25, 0.3) is 0 Å². The van der Waals surface area contributed by atoms with E-state index in [0.717, 1.165) is 5.56 Å². The summed E-state index contributed by atoms with van der Waals surface area (Å²) in [5.74, 6) is -3.32. The van der Waals surface area contributed by atoms with Crippen LogP contribution in [0.3, 0.4) is 0 Å². The van der Waals surface area contributed by atoms with Crippen molar-refractivity contribution in [2.75, 3.05) is 0 Å². The number of aromatic carboxylic acids is 3. The van der Waals surface area contributed by atoms with Crippen molar-refractivity contribution < 1.29 is 29.7 Å². The molecule has 0 saturated carbocycles. The maximum absolute atomic E-state index is 10.5. The second-order valence-electron chi connectivity index (χ2n) is 4.28. The molecule has 0 fully saturated rings. The lowest BCUT2D eigenvalue weighted by atomic mass is 10.1. The van der Waals surface area contributed by atoms with Crippen LogP contribution in [-0.4, -0.2) is 33.2 Å². The fraction of sp³-hybridized carbons (Fsp3) is 0.0625. The molecule has 2 rings (SSSR count). The Morgan fingerprint density at radius 1 is 0.636 bits per heavy atom. The highest BCUT2D eigenvalue weighted by Crippen LogP contribution is 2.08. The number of carboxylic acids is 3. The van der Waals surface area contributed by atoms with Gasteiger partial charge in [-0.2, -0.15) is 0 Å². The van der Waals surface area contributed by atoms with Crippen LogP contribution in [0.1, 0.15) is 36.6 Å². The third-order valence-electron chi connectivity index (χ3n) is 2.76. The highest BCUT2D eigenvalue weighted by atomic mass is 16.4. The van der Waals surface area contributed by atoms with Gasteiger partial charge in [0.05, 0.1) is 16.7 Å². The molecule has 0 spiro atoms. The molecule has 22 heavy (non-hydrogen) atoms. The molecule has 0 saturated heterocycles.